The normalized spacial score (nSPS) is 15.5. The van der Waals surface area contributed by atoms with Crippen LogP contribution in [0.15, 0.2) is 48.5 Å². The number of ether oxygens (including phenoxy) is 1. The Labute approximate surface area is 128 Å². The molecule has 0 saturated carbocycles. The van der Waals surface area contributed by atoms with E-state index in [9.17, 15) is 9.59 Å². The van der Waals surface area contributed by atoms with Crippen molar-refractivity contribution in [3.8, 4) is 0 Å². The van der Waals surface area contributed by atoms with E-state index < -0.39 is 11.9 Å². The Balaban J connectivity index is 2.05. The number of benzene rings is 2. The largest absolute Gasteiger partial charge is 0.386 e. The van der Waals surface area contributed by atoms with Crippen LogP contribution >= 0.6 is 0 Å². The van der Waals surface area contributed by atoms with Crippen LogP contribution in [0.2, 0.25) is 0 Å². The van der Waals surface area contributed by atoms with Gasteiger partial charge in [0.2, 0.25) is 0 Å². The molecular formula is C18H15NO3. The number of cyclic esters (lactones) is 2. The first kappa shape index (κ1) is 14.1. The lowest BCUT2D eigenvalue weighted by Gasteiger charge is -2.17. The molecule has 0 saturated heterocycles. The van der Waals surface area contributed by atoms with Crippen LogP contribution in [0.5, 0.6) is 0 Å². The molecule has 1 aliphatic rings. The molecule has 110 valence electrons. The standard InChI is InChI=1S/C18H15NO3/c1-19(2)13-9-7-12(8-10-13)11-16-14-5-3-4-6-15(14)17(20)22-18(16)21/h3-11H,1-2H3/b16-11+. The number of nitrogens with zero attached hydrogens (tertiary/aromatic N) is 1. The van der Waals surface area contributed by atoms with Crippen molar-refractivity contribution in [3.63, 3.8) is 0 Å². The Bertz CT molecular complexity index is 773. The van der Waals surface area contributed by atoms with Gasteiger partial charge in [0.25, 0.3) is 0 Å². The SMILES string of the molecule is CN(C)c1ccc(/C=C2/C(=O)OC(=O)c3ccccc32)cc1. The second kappa shape index (κ2) is 5.48. The number of anilines is 1. The lowest BCUT2D eigenvalue weighted by atomic mass is 9.95. The predicted molar refractivity (Wildman–Crippen MR) is 85.5 cm³/mol. The van der Waals surface area contributed by atoms with E-state index in [0.29, 0.717) is 16.7 Å². The van der Waals surface area contributed by atoms with E-state index in [4.69, 9.17) is 4.74 Å². The summed E-state index contributed by atoms with van der Waals surface area (Å²) in [6.45, 7) is 0. The highest BCUT2D eigenvalue weighted by Gasteiger charge is 2.28. The lowest BCUT2D eigenvalue weighted by molar-refractivity contribution is -0.131. The second-order valence-electron chi connectivity index (χ2n) is 5.27. The summed E-state index contributed by atoms with van der Waals surface area (Å²) in [5.41, 5.74) is 3.37. The van der Waals surface area contributed by atoms with Gasteiger partial charge in [-0.1, -0.05) is 30.3 Å². The van der Waals surface area contributed by atoms with Crippen LogP contribution in [0, 0.1) is 0 Å². The van der Waals surface area contributed by atoms with Gasteiger partial charge in [0.1, 0.15) is 0 Å². The molecule has 4 nitrogen and oxygen atoms in total. The molecule has 0 atom stereocenters. The highest BCUT2D eigenvalue weighted by atomic mass is 16.6. The molecule has 0 bridgehead atoms. The monoisotopic (exact) mass is 293 g/mol. The van der Waals surface area contributed by atoms with Crippen LogP contribution in [0.3, 0.4) is 0 Å². The molecule has 2 aromatic carbocycles. The molecule has 0 N–H and O–H groups in total. The molecule has 0 amide bonds. The number of esters is 2. The van der Waals surface area contributed by atoms with Crippen molar-refractivity contribution in [2.24, 2.45) is 0 Å². The summed E-state index contributed by atoms with van der Waals surface area (Å²) in [5, 5.41) is 0. The molecule has 4 heteroatoms. The van der Waals surface area contributed by atoms with Crippen LogP contribution in [-0.2, 0) is 9.53 Å². The predicted octanol–water partition coefficient (Wildman–Crippen LogP) is 2.99. The fourth-order valence-corrected chi connectivity index (χ4v) is 2.37. The number of hydrogen-bond acceptors (Lipinski definition) is 4. The number of rotatable bonds is 2. The Hall–Kier alpha value is -2.88. The van der Waals surface area contributed by atoms with E-state index >= 15 is 0 Å². The van der Waals surface area contributed by atoms with Gasteiger partial charge in [-0.05, 0) is 29.8 Å². The zero-order valence-corrected chi connectivity index (χ0v) is 12.4. The maximum atomic E-state index is 12.0. The number of hydrogen-bond donors (Lipinski definition) is 0. The van der Waals surface area contributed by atoms with Gasteiger partial charge >= 0.3 is 11.9 Å². The van der Waals surface area contributed by atoms with E-state index in [1.807, 2.05) is 43.3 Å². The van der Waals surface area contributed by atoms with Crippen LogP contribution < -0.4 is 4.90 Å². The van der Waals surface area contributed by atoms with Gasteiger partial charge < -0.3 is 9.64 Å². The quantitative estimate of drug-likeness (QED) is 0.485. The molecule has 0 fully saturated rings. The van der Waals surface area contributed by atoms with Gasteiger partial charge in [0.15, 0.2) is 0 Å². The molecule has 0 aromatic heterocycles. The fraction of sp³-hybridized carbons (Fsp3) is 0.111. The van der Waals surface area contributed by atoms with Gasteiger partial charge in [-0.15, -0.1) is 0 Å². The summed E-state index contributed by atoms with van der Waals surface area (Å²) in [7, 11) is 3.93. The first-order valence-electron chi connectivity index (χ1n) is 6.91. The molecule has 3 rings (SSSR count). The second-order valence-corrected chi connectivity index (χ2v) is 5.27. The molecule has 1 heterocycles. The summed E-state index contributed by atoms with van der Waals surface area (Å²) in [5.74, 6) is -1.21. The van der Waals surface area contributed by atoms with Crippen molar-refractivity contribution in [2.75, 3.05) is 19.0 Å². The summed E-state index contributed by atoms with van der Waals surface area (Å²) < 4.78 is 4.81. The number of carbonyl (C=O) groups is 2. The minimum atomic E-state index is -0.611. The fourth-order valence-electron chi connectivity index (χ4n) is 2.37. The average Bonchev–Trinajstić information content (AvgIpc) is 2.52. The van der Waals surface area contributed by atoms with Crippen molar-refractivity contribution in [1.82, 2.24) is 0 Å². The molecule has 0 aliphatic carbocycles. The van der Waals surface area contributed by atoms with Crippen LogP contribution in [0.1, 0.15) is 21.5 Å². The lowest BCUT2D eigenvalue weighted by Crippen LogP contribution is -2.21. The van der Waals surface area contributed by atoms with E-state index in [2.05, 4.69) is 0 Å². The zero-order chi connectivity index (χ0) is 15.7. The van der Waals surface area contributed by atoms with Gasteiger partial charge in [-0.3, -0.25) is 0 Å². The zero-order valence-electron chi connectivity index (χ0n) is 12.4. The highest BCUT2D eigenvalue weighted by molar-refractivity contribution is 6.29. The van der Waals surface area contributed by atoms with Crippen molar-refractivity contribution in [3.05, 3.63) is 65.2 Å². The summed E-state index contributed by atoms with van der Waals surface area (Å²) >= 11 is 0. The summed E-state index contributed by atoms with van der Waals surface area (Å²) in [4.78, 5) is 25.8. The molecule has 0 spiro atoms. The molecule has 22 heavy (non-hydrogen) atoms. The van der Waals surface area contributed by atoms with Crippen LogP contribution in [0.25, 0.3) is 11.6 Å². The van der Waals surface area contributed by atoms with Gasteiger partial charge in [0, 0.05) is 25.3 Å². The Morgan fingerprint density at radius 1 is 0.864 bits per heavy atom. The van der Waals surface area contributed by atoms with Crippen molar-refractivity contribution < 1.29 is 14.3 Å². The van der Waals surface area contributed by atoms with Crippen molar-refractivity contribution >= 4 is 29.3 Å². The third-order valence-electron chi connectivity index (χ3n) is 3.56. The van der Waals surface area contributed by atoms with E-state index in [1.54, 1.807) is 30.3 Å². The van der Waals surface area contributed by atoms with Crippen LogP contribution in [-0.4, -0.2) is 26.0 Å². The summed E-state index contributed by atoms with van der Waals surface area (Å²) in [6.07, 6.45) is 1.74. The minimum absolute atomic E-state index is 0.396. The van der Waals surface area contributed by atoms with Crippen LogP contribution in [0.4, 0.5) is 5.69 Å². The smallest absolute Gasteiger partial charge is 0.346 e. The maximum Gasteiger partial charge on any atom is 0.346 e. The summed E-state index contributed by atoms with van der Waals surface area (Å²) in [6, 6.07) is 14.8. The third-order valence-corrected chi connectivity index (χ3v) is 3.56. The van der Waals surface area contributed by atoms with Gasteiger partial charge in [-0.25, -0.2) is 9.59 Å². The Kier molecular flexibility index (Phi) is 3.51. The highest BCUT2D eigenvalue weighted by Crippen LogP contribution is 2.28. The third kappa shape index (κ3) is 2.51. The van der Waals surface area contributed by atoms with Crippen molar-refractivity contribution in [2.45, 2.75) is 0 Å². The number of fused-ring (bicyclic) bond motifs is 1. The first-order valence-corrected chi connectivity index (χ1v) is 6.91. The maximum absolute atomic E-state index is 12.0. The Morgan fingerprint density at radius 3 is 2.14 bits per heavy atom. The van der Waals surface area contributed by atoms with E-state index in [0.717, 1.165) is 11.3 Å². The molecule has 1 aliphatic heterocycles. The minimum Gasteiger partial charge on any atom is -0.386 e. The van der Waals surface area contributed by atoms with Gasteiger partial charge in [0.05, 0.1) is 11.1 Å². The van der Waals surface area contributed by atoms with E-state index in [1.165, 1.54) is 0 Å². The Morgan fingerprint density at radius 2 is 1.50 bits per heavy atom. The number of carbonyl (C=O) groups excluding carboxylic acids is 2. The first-order chi connectivity index (χ1) is 10.6. The molecule has 0 radical (unpaired) electrons. The average molecular weight is 293 g/mol. The molecular weight excluding hydrogens is 278 g/mol. The topological polar surface area (TPSA) is 46.6 Å². The molecule has 0 unspecified atom stereocenters. The van der Waals surface area contributed by atoms with Crippen molar-refractivity contribution in [1.29, 1.82) is 0 Å². The molecule has 2 aromatic rings. The van der Waals surface area contributed by atoms with Gasteiger partial charge in [-0.2, -0.15) is 0 Å². The van der Waals surface area contributed by atoms with E-state index in [-0.39, 0.29) is 0 Å².